The SMILES string of the molecule is COc1ccc(/C=C/C(=O)N[C@@H](C)c2ccc(OC)c(F)c2)c(OC)c1. The molecule has 0 aliphatic carbocycles. The number of carbonyl (C=O) groups is 1. The van der Waals surface area contributed by atoms with E-state index in [1.807, 2.05) is 0 Å². The Morgan fingerprint density at radius 1 is 1.04 bits per heavy atom. The molecule has 0 spiro atoms. The average molecular weight is 359 g/mol. The molecular formula is C20H22FNO4. The minimum atomic E-state index is -0.468. The monoisotopic (exact) mass is 359 g/mol. The Kier molecular flexibility index (Phi) is 6.60. The number of ether oxygens (including phenoxy) is 3. The van der Waals surface area contributed by atoms with Gasteiger partial charge in [-0.2, -0.15) is 0 Å². The van der Waals surface area contributed by atoms with E-state index < -0.39 is 5.82 Å². The molecule has 0 bridgehead atoms. The molecule has 0 saturated carbocycles. The highest BCUT2D eigenvalue weighted by Crippen LogP contribution is 2.25. The summed E-state index contributed by atoms with van der Waals surface area (Å²) >= 11 is 0. The maximum atomic E-state index is 13.8. The number of nitrogens with one attached hydrogen (secondary N) is 1. The highest BCUT2D eigenvalue weighted by atomic mass is 19.1. The molecule has 6 heteroatoms. The van der Waals surface area contributed by atoms with E-state index in [2.05, 4.69) is 5.32 Å². The minimum absolute atomic E-state index is 0.166. The van der Waals surface area contributed by atoms with Crippen molar-refractivity contribution in [2.45, 2.75) is 13.0 Å². The molecule has 0 radical (unpaired) electrons. The van der Waals surface area contributed by atoms with Crippen LogP contribution >= 0.6 is 0 Å². The van der Waals surface area contributed by atoms with E-state index in [0.29, 0.717) is 17.1 Å². The van der Waals surface area contributed by atoms with Gasteiger partial charge in [-0.1, -0.05) is 6.07 Å². The Labute approximate surface area is 152 Å². The molecule has 0 fully saturated rings. The number of amides is 1. The summed E-state index contributed by atoms with van der Waals surface area (Å²) in [6.07, 6.45) is 3.05. The maximum Gasteiger partial charge on any atom is 0.244 e. The van der Waals surface area contributed by atoms with Crippen molar-refractivity contribution in [3.8, 4) is 17.2 Å². The maximum absolute atomic E-state index is 13.8. The smallest absolute Gasteiger partial charge is 0.244 e. The second-order valence-corrected chi connectivity index (χ2v) is 5.57. The summed E-state index contributed by atoms with van der Waals surface area (Å²) < 4.78 is 29.1. The van der Waals surface area contributed by atoms with Crippen molar-refractivity contribution >= 4 is 12.0 Å². The Morgan fingerprint density at radius 2 is 1.77 bits per heavy atom. The largest absolute Gasteiger partial charge is 0.497 e. The van der Waals surface area contributed by atoms with Gasteiger partial charge in [0.25, 0.3) is 0 Å². The molecule has 138 valence electrons. The van der Waals surface area contributed by atoms with Crippen LogP contribution in [0, 0.1) is 5.82 Å². The van der Waals surface area contributed by atoms with Crippen LogP contribution in [0.3, 0.4) is 0 Å². The Balaban J connectivity index is 2.06. The Bertz CT molecular complexity index is 804. The molecule has 1 amide bonds. The van der Waals surface area contributed by atoms with Gasteiger partial charge in [0.05, 0.1) is 27.4 Å². The third-order valence-corrected chi connectivity index (χ3v) is 3.89. The minimum Gasteiger partial charge on any atom is -0.497 e. The molecule has 1 N–H and O–H groups in total. The van der Waals surface area contributed by atoms with Crippen LogP contribution in [0.15, 0.2) is 42.5 Å². The van der Waals surface area contributed by atoms with Gasteiger partial charge < -0.3 is 19.5 Å². The first-order valence-corrected chi connectivity index (χ1v) is 8.02. The Morgan fingerprint density at radius 3 is 2.38 bits per heavy atom. The van der Waals surface area contributed by atoms with Gasteiger partial charge in [0.1, 0.15) is 11.5 Å². The normalized spacial score (nSPS) is 11.9. The summed E-state index contributed by atoms with van der Waals surface area (Å²) in [4.78, 5) is 12.1. The van der Waals surface area contributed by atoms with Gasteiger partial charge in [0.2, 0.25) is 5.91 Å². The predicted molar refractivity (Wildman–Crippen MR) is 98.1 cm³/mol. The predicted octanol–water partition coefficient (Wildman–Crippen LogP) is 3.74. The van der Waals surface area contributed by atoms with E-state index in [-0.39, 0.29) is 17.7 Å². The van der Waals surface area contributed by atoms with Gasteiger partial charge in [0, 0.05) is 17.7 Å². The summed E-state index contributed by atoms with van der Waals surface area (Å²) in [6, 6.07) is 9.55. The molecule has 1 atom stereocenters. The summed E-state index contributed by atoms with van der Waals surface area (Å²) in [6.45, 7) is 1.78. The molecule has 0 saturated heterocycles. The summed E-state index contributed by atoms with van der Waals surface area (Å²) in [5.74, 6) is 0.660. The first kappa shape index (κ1) is 19.3. The molecule has 0 heterocycles. The molecule has 26 heavy (non-hydrogen) atoms. The quantitative estimate of drug-likeness (QED) is 0.765. The highest BCUT2D eigenvalue weighted by Gasteiger charge is 2.11. The second kappa shape index (κ2) is 8.89. The second-order valence-electron chi connectivity index (χ2n) is 5.57. The van der Waals surface area contributed by atoms with Crippen molar-refractivity contribution in [3.63, 3.8) is 0 Å². The lowest BCUT2D eigenvalue weighted by Crippen LogP contribution is -2.24. The van der Waals surface area contributed by atoms with Crippen molar-refractivity contribution in [2.75, 3.05) is 21.3 Å². The highest BCUT2D eigenvalue weighted by molar-refractivity contribution is 5.92. The van der Waals surface area contributed by atoms with E-state index in [1.165, 1.54) is 25.3 Å². The third kappa shape index (κ3) is 4.75. The molecule has 2 rings (SSSR count). The van der Waals surface area contributed by atoms with Crippen LogP contribution in [-0.4, -0.2) is 27.2 Å². The first-order chi connectivity index (χ1) is 12.5. The molecule has 0 aliphatic rings. The number of rotatable bonds is 7. The number of hydrogen-bond donors (Lipinski definition) is 1. The number of halogens is 1. The van der Waals surface area contributed by atoms with Gasteiger partial charge in [-0.05, 0) is 42.8 Å². The molecule has 0 aromatic heterocycles. The number of carbonyl (C=O) groups excluding carboxylic acids is 1. The Hall–Kier alpha value is -3.02. The van der Waals surface area contributed by atoms with Crippen LogP contribution in [0.4, 0.5) is 4.39 Å². The van der Waals surface area contributed by atoms with Crippen molar-refractivity contribution in [1.29, 1.82) is 0 Å². The van der Waals surface area contributed by atoms with Crippen LogP contribution in [0.5, 0.6) is 17.2 Å². The van der Waals surface area contributed by atoms with Crippen LogP contribution in [0.25, 0.3) is 6.08 Å². The standard InChI is InChI=1S/C20H22FNO4/c1-13(15-6-9-18(25-3)17(21)11-15)22-20(23)10-7-14-5-8-16(24-2)12-19(14)26-4/h5-13H,1-4H3,(H,22,23)/b10-7+/t13-/m0/s1. The van der Waals surface area contributed by atoms with Gasteiger partial charge in [0.15, 0.2) is 11.6 Å². The zero-order valence-corrected chi connectivity index (χ0v) is 15.2. The van der Waals surface area contributed by atoms with Crippen LogP contribution in [0.2, 0.25) is 0 Å². The van der Waals surface area contributed by atoms with E-state index in [9.17, 15) is 9.18 Å². The van der Waals surface area contributed by atoms with Crippen molar-refractivity contribution in [1.82, 2.24) is 5.32 Å². The zero-order valence-electron chi connectivity index (χ0n) is 15.2. The molecule has 5 nitrogen and oxygen atoms in total. The van der Waals surface area contributed by atoms with E-state index >= 15 is 0 Å². The average Bonchev–Trinajstić information content (AvgIpc) is 2.65. The molecule has 2 aromatic rings. The number of methoxy groups -OCH3 is 3. The van der Waals surface area contributed by atoms with E-state index in [1.54, 1.807) is 51.5 Å². The molecule has 0 aliphatic heterocycles. The number of benzene rings is 2. The van der Waals surface area contributed by atoms with Crippen LogP contribution < -0.4 is 19.5 Å². The first-order valence-electron chi connectivity index (χ1n) is 8.02. The van der Waals surface area contributed by atoms with Crippen molar-refractivity contribution < 1.29 is 23.4 Å². The van der Waals surface area contributed by atoms with Gasteiger partial charge in [-0.15, -0.1) is 0 Å². The van der Waals surface area contributed by atoms with Crippen molar-refractivity contribution in [3.05, 3.63) is 59.4 Å². The topological polar surface area (TPSA) is 56.8 Å². The summed E-state index contributed by atoms with van der Waals surface area (Å²) in [5.41, 5.74) is 1.39. The van der Waals surface area contributed by atoms with Gasteiger partial charge >= 0.3 is 0 Å². The van der Waals surface area contributed by atoms with E-state index in [0.717, 1.165) is 5.56 Å². The summed E-state index contributed by atoms with van der Waals surface area (Å²) in [7, 11) is 4.52. The van der Waals surface area contributed by atoms with Crippen LogP contribution in [-0.2, 0) is 4.79 Å². The zero-order chi connectivity index (χ0) is 19.1. The molecule has 0 unspecified atom stereocenters. The molecule has 2 aromatic carbocycles. The number of hydrogen-bond acceptors (Lipinski definition) is 4. The van der Waals surface area contributed by atoms with Crippen molar-refractivity contribution in [2.24, 2.45) is 0 Å². The van der Waals surface area contributed by atoms with E-state index in [4.69, 9.17) is 14.2 Å². The lowest BCUT2D eigenvalue weighted by molar-refractivity contribution is -0.117. The lowest BCUT2D eigenvalue weighted by Gasteiger charge is -2.14. The van der Waals surface area contributed by atoms with Gasteiger partial charge in [-0.3, -0.25) is 4.79 Å². The van der Waals surface area contributed by atoms with Crippen LogP contribution in [0.1, 0.15) is 24.1 Å². The fourth-order valence-corrected chi connectivity index (χ4v) is 2.42. The van der Waals surface area contributed by atoms with Gasteiger partial charge in [-0.25, -0.2) is 4.39 Å². The fourth-order valence-electron chi connectivity index (χ4n) is 2.42. The third-order valence-electron chi connectivity index (χ3n) is 3.89. The molecular weight excluding hydrogens is 337 g/mol. The summed E-state index contributed by atoms with van der Waals surface area (Å²) in [5, 5.41) is 2.79. The fraction of sp³-hybridized carbons (Fsp3) is 0.250. The lowest BCUT2D eigenvalue weighted by atomic mass is 10.1.